The maximum Gasteiger partial charge on any atom is 0.250 e. The Kier molecular flexibility index (Phi) is 3.74. The molecule has 2 N–H and O–H groups in total. The molecule has 0 aliphatic carbocycles. The first kappa shape index (κ1) is 12.8. The van der Waals surface area contributed by atoms with Crippen LogP contribution in [-0.4, -0.2) is 24.0 Å². The predicted molar refractivity (Wildman–Crippen MR) is 64.0 cm³/mol. The Hall–Kier alpha value is -1.30. The van der Waals surface area contributed by atoms with Crippen LogP contribution in [0, 0.1) is 0 Å². The molecule has 0 radical (unpaired) electrons. The molecule has 0 fully saturated rings. The molecule has 0 amide bonds. The molecule has 90 valence electrons. The molecule has 0 aliphatic rings. The Balaban J connectivity index is 2.84. The zero-order chi connectivity index (χ0) is 12.3. The van der Waals surface area contributed by atoms with Crippen molar-refractivity contribution >= 4 is 15.5 Å². The summed E-state index contributed by atoms with van der Waals surface area (Å²) in [6, 6.07) is 2.83. The van der Waals surface area contributed by atoms with Gasteiger partial charge in [0.15, 0.2) is 9.84 Å². The summed E-state index contributed by atoms with van der Waals surface area (Å²) in [6.07, 6.45) is 1.46. The van der Waals surface area contributed by atoms with Crippen LogP contribution in [0.1, 0.15) is 13.8 Å². The third kappa shape index (κ3) is 3.10. The zero-order valence-corrected chi connectivity index (χ0v) is 10.2. The molecular weight excluding hydrogens is 228 g/mol. The standard InChI is InChI=1S/C10H16N2O3S/c1-8(2)16(14,15)6-5-12-7-9(11)3-4-10(12)13/h3-4,7-8H,5-6,11H2,1-2H3. The normalized spacial score (nSPS) is 11.9. The van der Waals surface area contributed by atoms with Gasteiger partial charge < -0.3 is 10.3 Å². The molecule has 0 saturated heterocycles. The van der Waals surface area contributed by atoms with Crippen molar-refractivity contribution in [3.8, 4) is 0 Å². The second-order valence-corrected chi connectivity index (χ2v) is 6.59. The lowest BCUT2D eigenvalue weighted by molar-refractivity contribution is 0.579. The number of aryl methyl sites for hydroxylation is 1. The Bertz CT molecular complexity index is 517. The van der Waals surface area contributed by atoms with Gasteiger partial charge in [-0.25, -0.2) is 8.42 Å². The van der Waals surface area contributed by atoms with E-state index in [2.05, 4.69) is 0 Å². The number of nitrogen functional groups attached to an aromatic ring is 1. The van der Waals surface area contributed by atoms with Gasteiger partial charge in [-0.2, -0.15) is 0 Å². The summed E-state index contributed by atoms with van der Waals surface area (Å²) in [5.41, 5.74) is 5.72. The van der Waals surface area contributed by atoms with Crippen LogP contribution in [-0.2, 0) is 16.4 Å². The van der Waals surface area contributed by atoms with Crippen molar-refractivity contribution in [3.05, 3.63) is 28.7 Å². The largest absolute Gasteiger partial charge is 0.398 e. The Morgan fingerprint density at radius 1 is 1.38 bits per heavy atom. The summed E-state index contributed by atoms with van der Waals surface area (Å²) in [4.78, 5) is 11.4. The Morgan fingerprint density at radius 2 is 2.00 bits per heavy atom. The van der Waals surface area contributed by atoms with Crippen LogP contribution >= 0.6 is 0 Å². The smallest absolute Gasteiger partial charge is 0.250 e. The molecule has 1 aromatic rings. The lowest BCUT2D eigenvalue weighted by Gasteiger charge is -2.09. The molecule has 0 saturated carbocycles. The Morgan fingerprint density at radius 3 is 2.56 bits per heavy atom. The van der Waals surface area contributed by atoms with Crippen molar-refractivity contribution in [1.29, 1.82) is 0 Å². The summed E-state index contributed by atoms with van der Waals surface area (Å²) in [7, 11) is -3.13. The van der Waals surface area contributed by atoms with Gasteiger partial charge in [0, 0.05) is 24.5 Å². The average Bonchev–Trinajstić information content (AvgIpc) is 2.19. The molecule has 0 spiro atoms. The highest BCUT2D eigenvalue weighted by Crippen LogP contribution is 2.02. The van der Waals surface area contributed by atoms with E-state index in [4.69, 9.17) is 5.73 Å². The molecule has 0 bridgehead atoms. The third-order valence-electron chi connectivity index (χ3n) is 2.34. The zero-order valence-electron chi connectivity index (χ0n) is 9.38. The van der Waals surface area contributed by atoms with Crippen molar-refractivity contribution < 1.29 is 8.42 Å². The fourth-order valence-corrected chi connectivity index (χ4v) is 2.11. The number of nitrogens with two attached hydrogens (primary N) is 1. The minimum Gasteiger partial charge on any atom is -0.398 e. The van der Waals surface area contributed by atoms with Crippen LogP contribution in [0.15, 0.2) is 23.1 Å². The Labute approximate surface area is 94.8 Å². The van der Waals surface area contributed by atoms with Gasteiger partial charge in [-0.05, 0) is 19.9 Å². The molecular formula is C10H16N2O3S. The second-order valence-electron chi connectivity index (χ2n) is 3.91. The van der Waals surface area contributed by atoms with Gasteiger partial charge in [-0.1, -0.05) is 0 Å². The lowest BCUT2D eigenvalue weighted by atomic mass is 10.4. The van der Waals surface area contributed by atoms with Crippen LogP contribution < -0.4 is 11.3 Å². The highest BCUT2D eigenvalue weighted by atomic mass is 32.2. The van der Waals surface area contributed by atoms with E-state index < -0.39 is 15.1 Å². The maximum absolute atomic E-state index is 11.6. The molecule has 6 heteroatoms. The lowest BCUT2D eigenvalue weighted by Crippen LogP contribution is -2.26. The van der Waals surface area contributed by atoms with E-state index in [1.54, 1.807) is 13.8 Å². The van der Waals surface area contributed by atoms with E-state index >= 15 is 0 Å². The number of anilines is 1. The van der Waals surface area contributed by atoms with E-state index in [0.29, 0.717) is 5.69 Å². The number of pyridine rings is 1. The van der Waals surface area contributed by atoms with Crippen molar-refractivity contribution in [2.24, 2.45) is 0 Å². The van der Waals surface area contributed by atoms with Gasteiger partial charge in [0.05, 0.1) is 11.0 Å². The maximum atomic E-state index is 11.6. The molecule has 5 nitrogen and oxygen atoms in total. The number of sulfone groups is 1. The molecule has 1 rings (SSSR count). The van der Waals surface area contributed by atoms with E-state index in [1.807, 2.05) is 0 Å². The summed E-state index contributed by atoms with van der Waals surface area (Å²) in [5, 5.41) is -0.427. The SMILES string of the molecule is CC(C)S(=O)(=O)CCn1cc(N)ccc1=O. The first-order chi connectivity index (χ1) is 7.33. The van der Waals surface area contributed by atoms with E-state index in [1.165, 1.54) is 22.9 Å². The average molecular weight is 244 g/mol. The molecule has 0 atom stereocenters. The highest BCUT2D eigenvalue weighted by Gasteiger charge is 2.15. The molecule has 0 aliphatic heterocycles. The summed E-state index contributed by atoms with van der Waals surface area (Å²) in [6.45, 7) is 3.39. The first-order valence-electron chi connectivity index (χ1n) is 5.00. The van der Waals surface area contributed by atoms with Gasteiger partial charge in [0.25, 0.3) is 5.56 Å². The monoisotopic (exact) mass is 244 g/mol. The summed E-state index contributed by atoms with van der Waals surface area (Å²) in [5.74, 6) is -0.0476. The number of aromatic nitrogens is 1. The van der Waals surface area contributed by atoms with Gasteiger partial charge in [-0.3, -0.25) is 4.79 Å². The third-order valence-corrected chi connectivity index (χ3v) is 4.53. The van der Waals surface area contributed by atoms with Gasteiger partial charge in [-0.15, -0.1) is 0 Å². The second kappa shape index (κ2) is 4.69. The minimum atomic E-state index is -3.13. The molecule has 16 heavy (non-hydrogen) atoms. The fraction of sp³-hybridized carbons (Fsp3) is 0.500. The fourth-order valence-electron chi connectivity index (χ4n) is 1.19. The number of hydrogen-bond donors (Lipinski definition) is 1. The van der Waals surface area contributed by atoms with E-state index in [9.17, 15) is 13.2 Å². The van der Waals surface area contributed by atoms with Crippen LogP contribution in [0.5, 0.6) is 0 Å². The van der Waals surface area contributed by atoms with Crippen LogP contribution in [0.2, 0.25) is 0 Å². The van der Waals surface area contributed by atoms with Crippen LogP contribution in [0.25, 0.3) is 0 Å². The molecule has 1 heterocycles. The van der Waals surface area contributed by atoms with Crippen molar-refractivity contribution in [1.82, 2.24) is 4.57 Å². The van der Waals surface area contributed by atoms with E-state index in [0.717, 1.165) is 0 Å². The molecule has 0 unspecified atom stereocenters. The number of hydrogen-bond acceptors (Lipinski definition) is 4. The van der Waals surface area contributed by atoms with Gasteiger partial charge in [0.1, 0.15) is 0 Å². The van der Waals surface area contributed by atoms with Crippen molar-refractivity contribution in [2.45, 2.75) is 25.6 Å². The van der Waals surface area contributed by atoms with Crippen molar-refractivity contribution in [2.75, 3.05) is 11.5 Å². The van der Waals surface area contributed by atoms with Crippen LogP contribution in [0.4, 0.5) is 5.69 Å². The molecule has 1 aromatic heterocycles. The molecule has 0 aromatic carbocycles. The number of rotatable bonds is 4. The van der Waals surface area contributed by atoms with Crippen molar-refractivity contribution in [3.63, 3.8) is 0 Å². The predicted octanol–water partition coefficient (Wildman–Crippen LogP) is 0.254. The van der Waals surface area contributed by atoms with Crippen LogP contribution in [0.3, 0.4) is 0 Å². The van der Waals surface area contributed by atoms with Gasteiger partial charge in [0.2, 0.25) is 0 Å². The minimum absolute atomic E-state index is 0.0476. The highest BCUT2D eigenvalue weighted by molar-refractivity contribution is 7.91. The van der Waals surface area contributed by atoms with E-state index in [-0.39, 0.29) is 17.9 Å². The topological polar surface area (TPSA) is 82.2 Å². The van der Waals surface area contributed by atoms with Gasteiger partial charge >= 0.3 is 0 Å². The summed E-state index contributed by atoms with van der Waals surface area (Å²) < 4.78 is 24.4. The quantitative estimate of drug-likeness (QED) is 0.823. The summed E-state index contributed by atoms with van der Waals surface area (Å²) >= 11 is 0. The first-order valence-corrected chi connectivity index (χ1v) is 6.72. The number of nitrogens with zero attached hydrogens (tertiary/aromatic N) is 1.